The number of aryl methyl sites for hydroxylation is 1. The molecule has 0 saturated carbocycles. The average molecular weight is 332 g/mol. The number of benzene rings is 1. The molecule has 0 bridgehead atoms. The second kappa shape index (κ2) is 6.37. The maximum atomic E-state index is 12.6. The first kappa shape index (κ1) is 16.1. The van der Waals surface area contributed by atoms with Crippen LogP contribution < -0.4 is 0 Å². The number of carbonyl (C=O) groups excluding carboxylic acids is 1. The van der Waals surface area contributed by atoms with Gasteiger partial charge in [0.05, 0.1) is 35.7 Å². The molecule has 23 heavy (non-hydrogen) atoms. The summed E-state index contributed by atoms with van der Waals surface area (Å²) >= 11 is 1.56. The largest absolute Gasteiger partial charge is 0.386 e. The molecule has 0 spiro atoms. The van der Waals surface area contributed by atoms with Crippen molar-refractivity contribution in [3.63, 3.8) is 0 Å². The molecule has 2 aromatic rings. The van der Waals surface area contributed by atoms with Gasteiger partial charge in [-0.2, -0.15) is 0 Å². The van der Waals surface area contributed by atoms with Crippen LogP contribution in [0.15, 0.2) is 39.8 Å². The summed E-state index contributed by atoms with van der Waals surface area (Å²) < 4.78 is 5.21. The highest BCUT2D eigenvalue weighted by Crippen LogP contribution is 2.31. The normalized spacial score (nSPS) is 16.2. The van der Waals surface area contributed by atoms with Gasteiger partial charge in [-0.05, 0) is 25.5 Å². The molecule has 5 nitrogen and oxygen atoms in total. The predicted octanol–water partition coefficient (Wildman–Crippen LogP) is 2.87. The van der Waals surface area contributed by atoms with Crippen LogP contribution in [-0.2, 0) is 5.75 Å². The second-order valence-corrected chi connectivity index (χ2v) is 6.98. The van der Waals surface area contributed by atoms with Crippen LogP contribution in [0.1, 0.15) is 35.2 Å². The van der Waals surface area contributed by atoms with Crippen molar-refractivity contribution in [2.24, 2.45) is 0 Å². The lowest BCUT2D eigenvalue weighted by atomic mass is 9.90. The highest BCUT2D eigenvalue weighted by Gasteiger charge is 2.42. The predicted molar refractivity (Wildman–Crippen MR) is 88.4 cm³/mol. The summed E-state index contributed by atoms with van der Waals surface area (Å²) in [6.45, 7) is 4.63. The molecular formula is C17H20N2O3S. The molecule has 0 atom stereocenters. The Morgan fingerprint density at radius 3 is 2.83 bits per heavy atom. The van der Waals surface area contributed by atoms with Gasteiger partial charge in [0.15, 0.2) is 0 Å². The van der Waals surface area contributed by atoms with E-state index in [9.17, 15) is 9.90 Å². The van der Waals surface area contributed by atoms with Gasteiger partial charge in [-0.15, -0.1) is 11.8 Å². The fraction of sp³-hybridized carbons (Fsp3) is 0.412. The third-order valence-corrected chi connectivity index (χ3v) is 5.18. The van der Waals surface area contributed by atoms with Crippen LogP contribution in [0.25, 0.3) is 0 Å². The Labute approximate surface area is 139 Å². The lowest BCUT2D eigenvalue weighted by molar-refractivity contribution is -0.0827. The highest BCUT2D eigenvalue weighted by atomic mass is 32.2. The zero-order valence-corrected chi connectivity index (χ0v) is 14.1. The maximum Gasteiger partial charge on any atom is 0.255 e. The maximum absolute atomic E-state index is 12.6. The van der Waals surface area contributed by atoms with E-state index in [0.29, 0.717) is 30.8 Å². The van der Waals surface area contributed by atoms with Crippen molar-refractivity contribution in [3.8, 4) is 0 Å². The second-order valence-electron chi connectivity index (χ2n) is 5.96. The molecule has 0 aliphatic carbocycles. The third kappa shape index (κ3) is 3.43. The number of β-amino-alcohol motifs (C(OH)–C–C–N with tert-alkyl or cyclic N) is 1. The SMILES string of the molecule is CCC1(O)CN(C(=O)c2ccccc2SCc2cc(C)no2)C1. The number of amides is 1. The number of aliphatic hydroxyl groups is 1. The summed E-state index contributed by atoms with van der Waals surface area (Å²) in [7, 11) is 0. The summed E-state index contributed by atoms with van der Waals surface area (Å²) in [5.41, 5.74) is 0.811. The molecule has 2 heterocycles. The number of hydrogen-bond acceptors (Lipinski definition) is 5. The van der Waals surface area contributed by atoms with Crippen LogP contribution in [0.3, 0.4) is 0 Å². The Balaban J connectivity index is 1.69. The van der Waals surface area contributed by atoms with Gasteiger partial charge in [-0.25, -0.2) is 0 Å². The topological polar surface area (TPSA) is 66.6 Å². The van der Waals surface area contributed by atoms with Crippen LogP contribution in [0.4, 0.5) is 0 Å². The molecule has 1 N–H and O–H groups in total. The van der Waals surface area contributed by atoms with Crippen LogP contribution in [0.5, 0.6) is 0 Å². The molecule has 1 amide bonds. The first-order valence-corrected chi connectivity index (χ1v) is 8.65. The van der Waals surface area contributed by atoms with Crippen molar-refractivity contribution in [1.29, 1.82) is 0 Å². The number of nitrogens with zero attached hydrogens (tertiary/aromatic N) is 2. The standard InChI is InChI=1S/C17H20N2O3S/c1-3-17(21)10-19(11-17)16(20)14-6-4-5-7-15(14)23-9-13-8-12(2)18-22-13/h4-8,21H,3,9-11H2,1-2H3. The molecule has 1 fully saturated rings. The van der Waals surface area contributed by atoms with Gasteiger partial charge in [0, 0.05) is 11.0 Å². The zero-order chi connectivity index (χ0) is 16.4. The zero-order valence-electron chi connectivity index (χ0n) is 13.3. The van der Waals surface area contributed by atoms with Crippen LogP contribution in [0.2, 0.25) is 0 Å². The van der Waals surface area contributed by atoms with E-state index in [-0.39, 0.29) is 5.91 Å². The third-order valence-electron chi connectivity index (χ3n) is 4.08. The molecule has 1 aliphatic heterocycles. The van der Waals surface area contributed by atoms with Crippen molar-refractivity contribution < 1.29 is 14.4 Å². The highest BCUT2D eigenvalue weighted by molar-refractivity contribution is 7.98. The molecule has 122 valence electrons. The monoisotopic (exact) mass is 332 g/mol. The Morgan fingerprint density at radius 2 is 2.17 bits per heavy atom. The van der Waals surface area contributed by atoms with Gasteiger partial charge >= 0.3 is 0 Å². The number of hydrogen-bond donors (Lipinski definition) is 1. The van der Waals surface area contributed by atoms with E-state index in [1.807, 2.05) is 44.2 Å². The molecule has 3 rings (SSSR count). The van der Waals surface area contributed by atoms with Gasteiger partial charge in [-0.3, -0.25) is 4.79 Å². The fourth-order valence-corrected chi connectivity index (χ4v) is 3.52. The molecule has 1 aromatic carbocycles. The van der Waals surface area contributed by atoms with E-state index < -0.39 is 5.60 Å². The lowest BCUT2D eigenvalue weighted by Crippen LogP contribution is -2.63. The van der Waals surface area contributed by atoms with Gasteiger partial charge in [0.1, 0.15) is 5.76 Å². The first-order valence-electron chi connectivity index (χ1n) is 7.66. The Kier molecular flexibility index (Phi) is 4.46. The number of aromatic nitrogens is 1. The molecule has 0 radical (unpaired) electrons. The molecule has 1 saturated heterocycles. The van der Waals surface area contributed by atoms with E-state index >= 15 is 0 Å². The quantitative estimate of drug-likeness (QED) is 0.853. The van der Waals surface area contributed by atoms with Crippen molar-refractivity contribution in [2.45, 2.75) is 36.5 Å². The minimum Gasteiger partial charge on any atom is -0.386 e. The van der Waals surface area contributed by atoms with E-state index in [1.165, 1.54) is 0 Å². The Bertz CT molecular complexity index is 707. The molecule has 6 heteroatoms. The Morgan fingerprint density at radius 1 is 1.43 bits per heavy atom. The van der Waals surface area contributed by atoms with E-state index in [0.717, 1.165) is 16.3 Å². The molecule has 1 aliphatic rings. The van der Waals surface area contributed by atoms with Crippen LogP contribution >= 0.6 is 11.8 Å². The van der Waals surface area contributed by atoms with Crippen molar-refractivity contribution >= 4 is 17.7 Å². The Hall–Kier alpha value is -1.79. The molecule has 1 aromatic heterocycles. The number of likely N-dealkylation sites (tertiary alicyclic amines) is 1. The number of rotatable bonds is 5. The minimum absolute atomic E-state index is 0.0278. The van der Waals surface area contributed by atoms with Gasteiger partial charge < -0.3 is 14.5 Å². The van der Waals surface area contributed by atoms with Gasteiger partial charge in [-0.1, -0.05) is 24.2 Å². The lowest BCUT2D eigenvalue weighted by Gasteiger charge is -2.46. The van der Waals surface area contributed by atoms with E-state index in [4.69, 9.17) is 4.52 Å². The van der Waals surface area contributed by atoms with Gasteiger partial charge in [0.25, 0.3) is 5.91 Å². The summed E-state index contributed by atoms with van der Waals surface area (Å²) in [6, 6.07) is 9.45. The van der Waals surface area contributed by atoms with Crippen molar-refractivity contribution in [3.05, 3.63) is 47.3 Å². The number of carbonyl (C=O) groups is 1. The summed E-state index contributed by atoms with van der Waals surface area (Å²) in [6.07, 6.45) is 0.665. The first-order chi connectivity index (χ1) is 11.0. The minimum atomic E-state index is -0.713. The fourth-order valence-electron chi connectivity index (χ4n) is 2.60. The van der Waals surface area contributed by atoms with E-state index in [1.54, 1.807) is 16.7 Å². The summed E-state index contributed by atoms with van der Waals surface area (Å²) in [5, 5.41) is 14.0. The van der Waals surface area contributed by atoms with Crippen molar-refractivity contribution in [2.75, 3.05) is 13.1 Å². The van der Waals surface area contributed by atoms with E-state index in [2.05, 4.69) is 5.16 Å². The van der Waals surface area contributed by atoms with Crippen LogP contribution in [0, 0.1) is 6.92 Å². The summed E-state index contributed by atoms with van der Waals surface area (Å²) in [5.74, 6) is 1.39. The molecule has 0 unspecified atom stereocenters. The average Bonchev–Trinajstić information content (AvgIpc) is 2.95. The number of thioether (sulfide) groups is 1. The van der Waals surface area contributed by atoms with Crippen LogP contribution in [-0.4, -0.2) is 39.8 Å². The molecular weight excluding hydrogens is 312 g/mol. The van der Waals surface area contributed by atoms with Crippen molar-refractivity contribution in [1.82, 2.24) is 10.1 Å². The van der Waals surface area contributed by atoms with Gasteiger partial charge in [0.2, 0.25) is 0 Å². The smallest absolute Gasteiger partial charge is 0.255 e. The summed E-state index contributed by atoms with van der Waals surface area (Å²) in [4.78, 5) is 15.2.